The van der Waals surface area contributed by atoms with Crippen molar-refractivity contribution in [1.29, 1.82) is 0 Å². The minimum atomic E-state index is -1.77. The molecular formula is C26H49NO2Si. The lowest BCUT2D eigenvalue weighted by molar-refractivity contribution is -0.118. The van der Waals surface area contributed by atoms with Gasteiger partial charge in [0.15, 0.2) is 8.32 Å². The van der Waals surface area contributed by atoms with E-state index < -0.39 is 8.32 Å². The third-order valence-corrected chi connectivity index (χ3v) is 14.8. The molecule has 0 aromatic rings. The normalized spacial score (nSPS) is 43.0. The molecule has 0 aromatic carbocycles. The molecule has 3 rings (SSSR count). The highest BCUT2D eigenvalue weighted by molar-refractivity contribution is 6.74. The summed E-state index contributed by atoms with van der Waals surface area (Å²) in [7, 11) is -1.77. The van der Waals surface area contributed by atoms with Crippen LogP contribution in [0.4, 0.5) is 0 Å². The summed E-state index contributed by atoms with van der Waals surface area (Å²) in [5, 5.41) is 11.8. The summed E-state index contributed by atoms with van der Waals surface area (Å²) in [4.78, 5) is 0. The lowest BCUT2D eigenvalue weighted by atomic mass is 9.51. The molecule has 3 aliphatic carbocycles. The van der Waals surface area contributed by atoms with Crippen molar-refractivity contribution in [2.45, 2.75) is 116 Å². The Morgan fingerprint density at radius 2 is 1.80 bits per heavy atom. The van der Waals surface area contributed by atoms with Crippen LogP contribution in [0, 0.1) is 28.6 Å². The van der Waals surface area contributed by atoms with Crippen molar-refractivity contribution >= 4 is 8.32 Å². The second-order valence-electron chi connectivity index (χ2n) is 12.9. The Morgan fingerprint density at radius 1 is 1.13 bits per heavy atom. The highest BCUT2D eigenvalue weighted by Crippen LogP contribution is 2.61. The summed E-state index contributed by atoms with van der Waals surface area (Å²) < 4.78 is 6.85. The summed E-state index contributed by atoms with van der Waals surface area (Å²) in [6, 6.07) is 0. The van der Waals surface area contributed by atoms with Crippen LogP contribution in [0.1, 0.15) is 86.0 Å². The van der Waals surface area contributed by atoms with Gasteiger partial charge < -0.3 is 15.3 Å². The van der Waals surface area contributed by atoms with Crippen LogP contribution in [-0.2, 0) is 4.43 Å². The van der Waals surface area contributed by atoms with Gasteiger partial charge in [0.25, 0.3) is 0 Å². The summed E-state index contributed by atoms with van der Waals surface area (Å²) in [6.45, 7) is 21.7. The zero-order valence-corrected chi connectivity index (χ0v) is 21.9. The molecule has 0 aliphatic heterocycles. The number of aliphatic hydroxyl groups is 1. The molecule has 174 valence electrons. The second kappa shape index (κ2) is 8.32. The Kier molecular flexibility index (Phi) is 6.79. The van der Waals surface area contributed by atoms with E-state index >= 15 is 0 Å². The fourth-order valence-electron chi connectivity index (χ4n) is 6.95. The van der Waals surface area contributed by atoms with E-state index in [0.717, 1.165) is 51.5 Å². The number of aliphatic hydroxyl groups excluding tert-OH is 1. The van der Waals surface area contributed by atoms with Gasteiger partial charge in [-0.15, -0.1) is 0 Å². The Balaban J connectivity index is 1.77. The molecule has 30 heavy (non-hydrogen) atoms. The van der Waals surface area contributed by atoms with Crippen LogP contribution in [0.5, 0.6) is 0 Å². The number of nitrogens with two attached hydrogens (primary N) is 1. The molecule has 0 heterocycles. The summed E-state index contributed by atoms with van der Waals surface area (Å²) in [5.41, 5.74) is 7.80. The van der Waals surface area contributed by atoms with Crippen LogP contribution in [0.15, 0.2) is 12.2 Å². The first-order valence-electron chi connectivity index (χ1n) is 12.5. The van der Waals surface area contributed by atoms with E-state index in [4.69, 9.17) is 10.2 Å². The third kappa shape index (κ3) is 4.11. The van der Waals surface area contributed by atoms with Crippen LogP contribution >= 0.6 is 0 Å². The molecule has 3 saturated carbocycles. The van der Waals surface area contributed by atoms with Crippen LogP contribution < -0.4 is 5.73 Å². The predicted molar refractivity (Wildman–Crippen MR) is 130 cm³/mol. The van der Waals surface area contributed by atoms with Crippen LogP contribution in [0.2, 0.25) is 18.1 Å². The molecule has 2 unspecified atom stereocenters. The van der Waals surface area contributed by atoms with Crippen LogP contribution in [-0.4, -0.2) is 32.2 Å². The SMILES string of the molecule is C=C1CCC2[C@H](O)C([C@@]3(C)CC[C@H](O[Si](C)(C)C(C)(C)C)C[C@@H]3CCN)CC[C@]12C. The summed E-state index contributed by atoms with van der Waals surface area (Å²) in [5.74, 6) is 1.31. The van der Waals surface area contributed by atoms with Gasteiger partial charge in [0, 0.05) is 6.10 Å². The third-order valence-electron chi connectivity index (χ3n) is 10.3. The molecule has 4 heteroatoms. The van der Waals surface area contributed by atoms with Gasteiger partial charge in [-0.3, -0.25) is 0 Å². The van der Waals surface area contributed by atoms with Gasteiger partial charge in [-0.05, 0) is 105 Å². The van der Waals surface area contributed by atoms with E-state index in [-0.39, 0.29) is 22.0 Å². The zero-order chi connectivity index (χ0) is 22.5. The Bertz CT molecular complexity index is 641. The highest BCUT2D eigenvalue weighted by atomic mass is 28.4. The lowest BCUT2D eigenvalue weighted by Crippen LogP contribution is -2.54. The topological polar surface area (TPSA) is 55.5 Å². The van der Waals surface area contributed by atoms with Gasteiger partial charge in [0.2, 0.25) is 0 Å². The first-order chi connectivity index (χ1) is 13.8. The lowest BCUT2D eigenvalue weighted by Gasteiger charge is -2.56. The van der Waals surface area contributed by atoms with Gasteiger partial charge in [0.1, 0.15) is 0 Å². The van der Waals surface area contributed by atoms with E-state index in [9.17, 15) is 5.11 Å². The molecule has 0 bridgehead atoms. The van der Waals surface area contributed by atoms with Crippen LogP contribution in [0.25, 0.3) is 0 Å². The first-order valence-corrected chi connectivity index (χ1v) is 15.4. The van der Waals surface area contributed by atoms with E-state index in [1.54, 1.807) is 0 Å². The van der Waals surface area contributed by atoms with Crippen molar-refractivity contribution in [2.75, 3.05) is 6.54 Å². The molecule has 0 amide bonds. The number of hydrogen-bond donors (Lipinski definition) is 2. The largest absolute Gasteiger partial charge is 0.414 e. The molecule has 0 saturated heterocycles. The number of allylic oxidation sites excluding steroid dienone is 1. The fraction of sp³-hybridized carbons (Fsp3) is 0.923. The van der Waals surface area contributed by atoms with E-state index in [0.29, 0.717) is 23.9 Å². The van der Waals surface area contributed by atoms with Crippen molar-refractivity contribution in [3.05, 3.63) is 12.2 Å². The molecule has 0 radical (unpaired) electrons. The Hall–Kier alpha value is -0.163. The first kappa shape index (κ1) is 24.5. The monoisotopic (exact) mass is 435 g/mol. The van der Waals surface area contributed by atoms with Gasteiger partial charge in [-0.2, -0.15) is 0 Å². The van der Waals surface area contributed by atoms with E-state index in [2.05, 4.69) is 54.3 Å². The fourth-order valence-corrected chi connectivity index (χ4v) is 8.35. The molecule has 7 atom stereocenters. The molecule has 3 nitrogen and oxygen atoms in total. The van der Waals surface area contributed by atoms with Gasteiger partial charge >= 0.3 is 0 Å². The standard InChI is InChI=1S/C26H49NO2Si/c1-18-9-10-21-23(28)22(12-15-25(18,21)5)26(6)14-11-20(17-19(26)13-16-27)29-30(7,8)24(2,3)4/h19-23,28H,1,9-17,27H2,2-8H3/t19-,20-,21?,22?,23-,25+,26-/m0/s1. The average Bonchev–Trinajstić information content (AvgIpc) is 2.93. The number of hydrogen-bond acceptors (Lipinski definition) is 3. The van der Waals surface area contributed by atoms with Crippen molar-refractivity contribution in [1.82, 2.24) is 0 Å². The van der Waals surface area contributed by atoms with E-state index in [1.165, 1.54) is 12.0 Å². The molecule has 3 fully saturated rings. The van der Waals surface area contributed by atoms with Crippen molar-refractivity contribution < 1.29 is 9.53 Å². The maximum Gasteiger partial charge on any atom is 0.192 e. The Morgan fingerprint density at radius 3 is 2.40 bits per heavy atom. The Labute approximate surface area is 187 Å². The number of fused-ring (bicyclic) bond motifs is 1. The predicted octanol–water partition coefficient (Wildman–Crippen LogP) is 6.28. The summed E-state index contributed by atoms with van der Waals surface area (Å²) >= 11 is 0. The maximum absolute atomic E-state index is 11.6. The zero-order valence-electron chi connectivity index (χ0n) is 20.9. The van der Waals surface area contributed by atoms with E-state index in [1.807, 2.05) is 0 Å². The second-order valence-corrected chi connectivity index (χ2v) is 17.6. The molecular weight excluding hydrogens is 386 g/mol. The summed E-state index contributed by atoms with van der Waals surface area (Å²) in [6.07, 6.45) is 9.11. The smallest absolute Gasteiger partial charge is 0.192 e. The quantitative estimate of drug-likeness (QED) is 0.395. The van der Waals surface area contributed by atoms with Gasteiger partial charge in [-0.25, -0.2) is 0 Å². The number of rotatable bonds is 5. The van der Waals surface area contributed by atoms with Gasteiger partial charge in [-0.1, -0.05) is 46.8 Å². The minimum Gasteiger partial charge on any atom is -0.414 e. The maximum atomic E-state index is 11.6. The van der Waals surface area contributed by atoms with Gasteiger partial charge in [0.05, 0.1) is 6.10 Å². The minimum absolute atomic E-state index is 0.151. The van der Waals surface area contributed by atoms with Crippen molar-refractivity contribution in [3.8, 4) is 0 Å². The van der Waals surface area contributed by atoms with Crippen LogP contribution in [0.3, 0.4) is 0 Å². The molecule has 3 N–H and O–H groups in total. The van der Waals surface area contributed by atoms with Crippen molar-refractivity contribution in [3.63, 3.8) is 0 Å². The molecule has 0 spiro atoms. The molecule has 0 aromatic heterocycles. The average molecular weight is 436 g/mol. The van der Waals surface area contributed by atoms with Crippen molar-refractivity contribution in [2.24, 2.45) is 34.3 Å². The highest BCUT2D eigenvalue weighted by Gasteiger charge is 2.56. The molecule has 3 aliphatic rings.